The summed E-state index contributed by atoms with van der Waals surface area (Å²) in [5.41, 5.74) is 24.2. The van der Waals surface area contributed by atoms with Crippen LogP contribution in [0, 0.1) is 0 Å². The molecule has 0 N–H and O–H groups in total. The van der Waals surface area contributed by atoms with Crippen LogP contribution in [-0.2, 0) is 37.9 Å². The Morgan fingerprint density at radius 2 is 1.24 bits per heavy atom. The summed E-state index contributed by atoms with van der Waals surface area (Å²) >= 11 is 2.20. The van der Waals surface area contributed by atoms with Crippen LogP contribution in [0.3, 0.4) is 0 Å². The summed E-state index contributed by atoms with van der Waals surface area (Å²) < 4.78 is 1.59. The Balaban J connectivity index is 1.22. The van der Waals surface area contributed by atoms with Crippen molar-refractivity contribution in [2.45, 2.75) is 192 Å². The van der Waals surface area contributed by atoms with Gasteiger partial charge in [0.15, 0.2) is 0 Å². The van der Waals surface area contributed by atoms with Gasteiger partial charge in [0.05, 0.1) is 17.4 Å². The molecule has 7 aliphatic rings. The summed E-state index contributed by atoms with van der Waals surface area (Å²) in [5.74, 6) is 0.221. The molecule has 12 rings (SSSR count). The van der Waals surface area contributed by atoms with Crippen LogP contribution in [0.4, 0.5) is 22.7 Å². The Labute approximate surface area is 402 Å². The van der Waals surface area contributed by atoms with Crippen molar-refractivity contribution < 1.29 is 0 Å². The first kappa shape index (κ1) is 43.0. The Hall–Kier alpha value is -4.28. The number of rotatable bonds is 2. The largest absolute Gasteiger partial charge is 0.334 e. The first-order chi connectivity index (χ1) is 30.9. The number of hydrogen-bond donors (Lipinski definition) is 0. The van der Waals surface area contributed by atoms with Gasteiger partial charge >= 0.3 is 0 Å². The van der Waals surface area contributed by atoms with E-state index in [0.717, 1.165) is 0 Å². The van der Waals surface area contributed by atoms with Crippen molar-refractivity contribution in [2.75, 3.05) is 9.80 Å². The topological polar surface area (TPSA) is 6.48 Å². The van der Waals surface area contributed by atoms with Crippen molar-refractivity contribution >= 4 is 51.0 Å². The van der Waals surface area contributed by atoms with Crippen LogP contribution < -0.4 is 20.0 Å². The van der Waals surface area contributed by atoms with Crippen molar-refractivity contribution in [3.63, 3.8) is 0 Å². The average Bonchev–Trinajstić information content (AvgIpc) is 3.68. The minimum atomic E-state index is -0.0742. The lowest BCUT2D eigenvalue weighted by Crippen LogP contribution is -2.64. The number of thiophene rings is 1. The number of benzene rings is 4. The minimum Gasteiger partial charge on any atom is -0.334 e. The first-order valence-electron chi connectivity index (χ1n) is 25.6. The summed E-state index contributed by atoms with van der Waals surface area (Å²) in [6, 6.07) is 29.7. The van der Waals surface area contributed by atoms with Crippen LogP contribution in [0.25, 0.3) is 11.1 Å². The van der Waals surface area contributed by atoms with Gasteiger partial charge in [-0.25, -0.2) is 0 Å². The third-order valence-electron chi connectivity index (χ3n) is 18.8. The second kappa shape index (κ2) is 13.3. The molecule has 4 aromatic carbocycles. The molecule has 0 amide bonds. The van der Waals surface area contributed by atoms with E-state index in [1.54, 1.807) is 54.2 Å². The van der Waals surface area contributed by atoms with E-state index < -0.39 is 0 Å². The van der Waals surface area contributed by atoms with E-state index in [9.17, 15) is 0 Å². The van der Waals surface area contributed by atoms with Gasteiger partial charge in [-0.1, -0.05) is 163 Å². The predicted octanol–water partition coefficient (Wildman–Crippen LogP) is 15.6. The van der Waals surface area contributed by atoms with Crippen LogP contribution in [0.15, 0.2) is 96.2 Å². The number of nitrogens with zero attached hydrogens (tertiary/aromatic N) is 2. The van der Waals surface area contributed by atoms with E-state index in [4.69, 9.17) is 0 Å². The average molecular weight is 889 g/mol. The fraction of sp³-hybridized carbons (Fsp3) is 0.484. The Morgan fingerprint density at radius 3 is 1.94 bits per heavy atom. The zero-order valence-electron chi connectivity index (χ0n) is 42.9. The normalized spacial score (nSPS) is 26.2. The van der Waals surface area contributed by atoms with E-state index in [-0.39, 0.29) is 56.5 Å². The molecular weight excluding hydrogens is 816 g/mol. The lowest BCUT2D eigenvalue weighted by molar-refractivity contribution is 0.326. The fourth-order valence-electron chi connectivity index (χ4n) is 14.5. The summed E-state index contributed by atoms with van der Waals surface area (Å²) in [4.78, 5) is 7.42. The Morgan fingerprint density at radius 1 is 0.606 bits per heavy atom. The molecular formula is C62H73BN2S. The van der Waals surface area contributed by atoms with Crippen LogP contribution >= 0.6 is 11.3 Å². The van der Waals surface area contributed by atoms with Crippen LogP contribution in [0.2, 0.25) is 5.82 Å². The predicted molar refractivity (Wildman–Crippen MR) is 286 cm³/mol. The van der Waals surface area contributed by atoms with Gasteiger partial charge in [-0.15, -0.1) is 0 Å². The molecule has 3 unspecified atom stereocenters. The van der Waals surface area contributed by atoms with Crippen LogP contribution in [-0.4, -0.2) is 12.8 Å². The molecule has 0 bridgehead atoms. The maximum absolute atomic E-state index is 2.95. The van der Waals surface area contributed by atoms with Crippen molar-refractivity contribution in [1.82, 2.24) is 0 Å². The van der Waals surface area contributed by atoms with Gasteiger partial charge in [0, 0.05) is 43.5 Å². The first-order valence-corrected chi connectivity index (χ1v) is 26.4. The van der Waals surface area contributed by atoms with E-state index in [0.29, 0.717) is 0 Å². The zero-order valence-corrected chi connectivity index (χ0v) is 43.7. The molecule has 340 valence electrons. The van der Waals surface area contributed by atoms with Crippen LogP contribution in [0.1, 0.15) is 186 Å². The van der Waals surface area contributed by atoms with Crippen molar-refractivity contribution in [3.8, 4) is 11.1 Å². The molecule has 0 saturated heterocycles. The van der Waals surface area contributed by atoms with Crippen molar-refractivity contribution in [3.05, 3.63) is 140 Å². The molecule has 4 heterocycles. The van der Waals surface area contributed by atoms with E-state index in [1.165, 1.54) is 83.5 Å². The number of allylic oxidation sites excluding steroid dienone is 2. The minimum absolute atomic E-state index is 0.0161. The summed E-state index contributed by atoms with van der Waals surface area (Å²) in [6.45, 7) is 37.7. The van der Waals surface area contributed by atoms with Gasteiger partial charge in [-0.2, -0.15) is 11.3 Å². The summed E-state index contributed by atoms with van der Waals surface area (Å²) in [6.07, 6.45) is 12.5. The molecule has 3 atom stereocenters. The maximum atomic E-state index is 2.95. The molecule has 5 aromatic rings. The van der Waals surface area contributed by atoms with E-state index in [1.807, 2.05) is 0 Å². The molecule has 3 aliphatic heterocycles. The molecule has 66 heavy (non-hydrogen) atoms. The van der Waals surface area contributed by atoms with Gasteiger partial charge in [-0.3, -0.25) is 0 Å². The Kier molecular flexibility index (Phi) is 8.66. The molecule has 0 saturated carbocycles. The summed E-state index contributed by atoms with van der Waals surface area (Å²) in [7, 11) is 0. The second-order valence-electron chi connectivity index (χ2n) is 26.6. The lowest BCUT2D eigenvalue weighted by atomic mass is 9.30. The monoisotopic (exact) mass is 889 g/mol. The quantitative estimate of drug-likeness (QED) is 0.163. The Bertz CT molecular complexity index is 3000. The molecule has 0 fully saturated rings. The summed E-state index contributed by atoms with van der Waals surface area (Å²) in [5, 5.41) is 0. The van der Waals surface area contributed by atoms with Gasteiger partial charge < -0.3 is 9.80 Å². The second-order valence-corrected chi connectivity index (χ2v) is 27.7. The van der Waals surface area contributed by atoms with Gasteiger partial charge in [0.1, 0.15) is 0 Å². The maximum Gasteiger partial charge on any atom is 0.239 e. The van der Waals surface area contributed by atoms with Gasteiger partial charge in [-0.05, 0) is 152 Å². The van der Waals surface area contributed by atoms with E-state index >= 15 is 0 Å². The molecule has 4 heteroatoms. The van der Waals surface area contributed by atoms with E-state index in [2.05, 4.69) is 210 Å². The lowest BCUT2D eigenvalue weighted by Gasteiger charge is -2.59. The molecule has 4 aliphatic carbocycles. The highest BCUT2D eigenvalue weighted by atomic mass is 32.1. The number of fused-ring (bicyclic) bond motifs is 10. The van der Waals surface area contributed by atoms with Crippen LogP contribution in [0.5, 0.6) is 0 Å². The fourth-order valence-corrected chi connectivity index (χ4v) is 16.3. The number of hydrogen-bond acceptors (Lipinski definition) is 3. The molecule has 1 aromatic heterocycles. The molecule has 2 nitrogen and oxygen atoms in total. The zero-order chi connectivity index (χ0) is 46.6. The van der Waals surface area contributed by atoms with Gasteiger partial charge in [0.25, 0.3) is 0 Å². The number of anilines is 4. The highest BCUT2D eigenvalue weighted by Gasteiger charge is 2.60. The molecule has 0 spiro atoms. The third-order valence-corrected chi connectivity index (χ3v) is 20.5. The SMILES string of the molecule is CC1=CC2C3B(c4ccc5c6c4N2c2cc4c(cc2C6(C)CCC5(C)C)C(C)(C)CCC4(C)C)c2sc4c(c2N(c2ccc(C(C)(C)C)cc2-c2ccccc2)C3=C1)C(C)(C)CCC4(C)C. The highest BCUT2D eigenvalue weighted by Crippen LogP contribution is 2.65. The van der Waals surface area contributed by atoms with Crippen molar-refractivity contribution in [2.24, 2.45) is 0 Å². The van der Waals surface area contributed by atoms with Gasteiger partial charge in [0.2, 0.25) is 6.71 Å². The standard InChI is InChI=1S/C62H73BN2S/c1-36-31-47-51-48(32-36)65-46-35-42-41(58(7,8)25-26-59(42,9)10)34-43(46)62(15)30-29-57(5,6)40-22-23-44(52(65)49(40)62)63(51)55-53(50-54(66-55)61(13,14)28-27-60(50,11)12)64(47)45-24-21-38(56(2,3)4)33-39(45)37-19-17-16-18-20-37/h16-24,31-35,48,51H,25-30H2,1-15H3. The smallest absolute Gasteiger partial charge is 0.239 e. The molecule has 0 radical (unpaired) electrons. The highest BCUT2D eigenvalue weighted by molar-refractivity contribution is 7.27. The third kappa shape index (κ3) is 5.66. The van der Waals surface area contributed by atoms with Crippen molar-refractivity contribution in [1.29, 1.82) is 0 Å².